The molecule has 0 saturated heterocycles. The van der Waals surface area contributed by atoms with E-state index in [2.05, 4.69) is 55.2 Å². The zero-order valence-electron chi connectivity index (χ0n) is 12.8. The van der Waals surface area contributed by atoms with Crippen LogP contribution in [0.5, 0.6) is 0 Å². The van der Waals surface area contributed by atoms with E-state index in [1.165, 1.54) is 49.3 Å². The predicted molar refractivity (Wildman–Crippen MR) is 88.6 cm³/mol. The second kappa shape index (κ2) is 6.11. The Labute approximate surface area is 127 Å². The number of nitrogens with one attached hydrogen (secondary N) is 1. The van der Waals surface area contributed by atoms with Crippen molar-refractivity contribution in [2.24, 2.45) is 5.41 Å². The van der Waals surface area contributed by atoms with Gasteiger partial charge in [0, 0.05) is 16.7 Å². The molecule has 1 saturated carbocycles. The standard InChI is InChI=1S/C18H27NS/c1-3-10-19-15-8-9-18(2,12-15)11-14-13-20-17-7-5-4-6-16(14)17/h4-7,14-15,19H,3,8-13H2,1-2H3. The molecular weight excluding hydrogens is 262 g/mol. The summed E-state index contributed by atoms with van der Waals surface area (Å²) < 4.78 is 0. The Bertz CT molecular complexity index is 458. The topological polar surface area (TPSA) is 12.0 Å². The molecule has 1 aliphatic carbocycles. The van der Waals surface area contributed by atoms with Gasteiger partial charge in [-0.2, -0.15) is 0 Å². The van der Waals surface area contributed by atoms with E-state index in [1.807, 2.05) is 0 Å². The van der Waals surface area contributed by atoms with Crippen LogP contribution >= 0.6 is 11.8 Å². The second-order valence-corrected chi connectivity index (χ2v) is 8.02. The molecule has 0 spiro atoms. The molecule has 1 heterocycles. The lowest BCUT2D eigenvalue weighted by atomic mass is 9.78. The van der Waals surface area contributed by atoms with Crippen molar-refractivity contribution in [3.8, 4) is 0 Å². The Kier molecular flexibility index (Phi) is 4.42. The van der Waals surface area contributed by atoms with Crippen LogP contribution in [0.15, 0.2) is 29.2 Å². The van der Waals surface area contributed by atoms with E-state index in [1.54, 1.807) is 5.56 Å². The first-order valence-electron chi connectivity index (χ1n) is 8.15. The molecule has 1 fully saturated rings. The van der Waals surface area contributed by atoms with Crippen molar-refractivity contribution in [1.29, 1.82) is 0 Å². The molecule has 0 aromatic heterocycles. The van der Waals surface area contributed by atoms with E-state index < -0.39 is 0 Å². The van der Waals surface area contributed by atoms with Crippen molar-refractivity contribution in [3.05, 3.63) is 29.8 Å². The van der Waals surface area contributed by atoms with Gasteiger partial charge >= 0.3 is 0 Å². The Hall–Kier alpha value is -0.470. The van der Waals surface area contributed by atoms with Gasteiger partial charge < -0.3 is 5.32 Å². The normalized spacial score (nSPS) is 32.5. The summed E-state index contributed by atoms with van der Waals surface area (Å²) in [5.74, 6) is 2.08. The van der Waals surface area contributed by atoms with Crippen molar-refractivity contribution in [2.45, 2.75) is 62.8 Å². The van der Waals surface area contributed by atoms with Gasteiger partial charge in [0.05, 0.1) is 0 Å². The molecule has 1 aromatic carbocycles. The molecule has 1 aromatic rings. The third-order valence-electron chi connectivity index (χ3n) is 5.06. The van der Waals surface area contributed by atoms with Crippen LogP contribution in [0, 0.1) is 5.41 Å². The maximum Gasteiger partial charge on any atom is 0.0107 e. The first-order valence-corrected chi connectivity index (χ1v) is 9.14. The summed E-state index contributed by atoms with van der Waals surface area (Å²) in [4.78, 5) is 1.53. The number of benzene rings is 1. The summed E-state index contributed by atoms with van der Waals surface area (Å²) in [6, 6.07) is 9.80. The summed E-state index contributed by atoms with van der Waals surface area (Å²) in [7, 11) is 0. The molecule has 1 N–H and O–H groups in total. The van der Waals surface area contributed by atoms with Crippen molar-refractivity contribution in [1.82, 2.24) is 5.32 Å². The van der Waals surface area contributed by atoms with Crippen molar-refractivity contribution in [2.75, 3.05) is 12.3 Å². The molecule has 1 aliphatic heterocycles. The van der Waals surface area contributed by atoms with E-state index in [0.717, 1.165) is 12.0 Å². The SMILES string of the molecule is CCCNC1CCC(C)(CC2CSc3ccccc32)C1. The molecule has 0 amide bonds. The minimum Gasteiger partial charge on any atom is -0.314 e. The Morgan fingerprint density at radius 3 is 3.05 bits per heavy atom. The molecule has 2 heteroatoms. The largest absolute Gasteiger partial charge is 0.314 e. The van der Waals surface area contributed by atoms with Gasteiger partial charge in [0.25, 0.3) is 0 Å². The van der Waals surface area contributed by atoms with Gasteiger partial charge in [0.15, 0.2) is 0 Å². The number of thioether (sulfide) groups is 1. The highest BCUT2D eigenvalue weighted by molar-refractivity contribution is 7.99. The monoisotopic (exact) mass is 289 g/mol. The van der Waals surface area contributed by atoms with Gasteiger partial charge in [0.2, 0.25) is 0 Å². The zero-order chi connectivity index (χ0) is 14.0. The van der Waals surface area contributed by atoms with Gasteiger partial charge in [-0.1, -0.05) is 32.0 Å². The molecule has 20 heavy (non-hydrogen) atoms. The van der Waals surface area contributed by atoms with Crippen LogP contribution in [0.25, 0.3) is 0 Å². The number of hydrogen-bond donors (Lipinski definition) is 1. The first kappa shape index (κ1) is 14.5. The smallest absolute Gasteiger partial charge is 0.0107 e. The zero-order valence-corrected chi connectivity index (χ0v) is 13.6. The molecule has 2 aliphatic rings. The van der Waals surface area contributed by atoms with E-state index >= 15 is 0 Å². The fourth-order valence-electron chi connectivity index (χ4n) is 4.02. The lowest BCUT2D eigenvalue weighted by Crippen LogP contribution is -2.28. The first-order chi connectivity index (χ1) is 9.70. The minimum atomic E-state index is 0.550. The predicted octanol–water partition coefficient (Wildman–Crippen LogP) is 4.82. The molecule has 1 nitrogen and oxygen atoms in total. The van der Waals surface area contributed by atoms with Gasteiger partial charge in [-0.3, -0.25) is 0 Å². The highest BCUT2D eigenvalue weighted by Crippen LogP contribution is 2.50. The van der Waals surface area contributed by atoms with Gasteiger partial charge in [-0.25, -0.2) is 0 Å². The van der Waals surface area contributed by atoms with Crippen LogP contribution in [0.4, 0.5) is 0 Å². The third kappa shape index (κ3) is 3.07. The van der Waals surface area contributed by atoms with Crippen LogP contribution in [0.1, 0.15) is 57.4 Å². The lowest BCUT2D eigenvalue weighted by molar-refractivity contribution is 0.279. The Morgan fingerprint density at radius 1 is 1.35 bits per heavy atom. The lowest BCUT2D eigenvalue weighted by Gasteiger charge is -2.28. The average Bonchev–Trinajstić information content (AvgIpc) is 3.02. The van der Waals surface area contributed by atoms with Crippen molar-refractivity contribution < 1.29 is 0 Å². The van der Waals surface area contributed by atoms with Gasteiger partial charge in [-0.15, -0.1) is 11.8 Å². The molecule has 3 unspecified atom stereocenters. The third-order valence-corrected chi connectivity index (χ3v) is 6.31. The summed E-state index contributed by atoms with van der Waals surface area (Å²) in [6.07, 6.45) is 6.77. The van der Waals surface area contributed by atoms with Gasteiger partial charge in [0.1, 0.15) is 0 Å². The quantitative estimate of drug-likeness (QED) is 0.833. The minimum absolute atomic E-state index is 0.550. The summed E-state index contributed by atoms with van der Waals surface area (Å²) in [5.41, 5.74) is 2.16. The van der Waals surface area contributed by atoms with Crippen LogP contribution < -0.4 is 5.32 Å². The summed E-state index contributed by atoms with van der Waals surface area (Å²) in [6.45, 7) is 5.96. The Balaban J connectivity index is 1.61. The molecule has 0 radical (unpaired) electrons. The summed E-state index contributed by atoms with van der Waals surface area (Å²) >= 11 is 2.06. The molecule has 110 valence electrons. The van der Waals surface area contributed by atoms with E-state index in [0.29, 0.717) is 5.41 Å². The van der Waals surface area contributed by atoms with Crippen LogP contribution in [0.3, 0.4) is 0 Å². The number of rotatable bonds is 5. The maximum absolute atomic E-state index is 3.73. The maximum atomic E-state index is 3.73. The van der Waals surface area contributed by atoms with E-state index in [9.17, 15) is 0 Å². The summed E-state index contributed by atoms with van der Waals surface area (Å²) in [5, 5.41) is 3.73. The van der Waals surface area contributed by atoms with E-state index in [-0.39, 0.29) is 0 Å². The van der Waals surface area contributed by atoms with Crippen molar-refractivity contribution in [3.63, 3.8) is 0 Å². The average molecular weight is 289 g/mol. The van der Waals surface area contributed by atoms with Gasteiger partial charge in [-0.05, 0) is 61.6 Å². The van der Waals surface area contributed by atoms with Crippen LogP contribution in [0.2, 0.25) is 0 Å². The molecule has 3 atom stereocenters. The molecule has 3 rings (SSSR count). The molecular formula is C18H27NS. The fraction of sp³-hybridized carbons (Fsp3) is 0.667. The number of hydrogen-bond acceptors (Lipinski definition) is 2. The molecule has 0 bridgehead atoms. The van der Waals surface area contributed by atoms with Crippen LogP contribution in [-0.2, 0) is 0 Å². The highest BCUT2D eigenvalue weighted by Gasteiger charge is 2.38. The number of fused-ring (bicyclic) bond motifs is 1. The van der Waals surface area contributed by atoms with Crippen LogP contribution in [-0.4, -0.2) is 18.3 Å². The second-order valence-electron chi connectivity index (χ2n) is 6.95. The highest BCUT2D eigenvalue weighted by atomic mass is 32.2. The Morgan fingerprint density at radius 2 is 2.20 bits per heavy atom. The fourth-order valence-corrected chi connectivity index (χ4v) is 5.28. The van der Waals surface area contributed by atoms with Crippen molar-refractivity contribution >= 4 is 11.8 Å². The van der Waals surface area contributed by atoms with E-state index in [4.69, 9.17) is 0 Å².